The normalized spacial score (nSPS) is 13.8. The van der Waals surface area contributed by atoms with E-state index < -0.39 is 16.7 Å². The molecule has 0 unspecified atom stereocenters. The fraction of sp³-hybridized carbons (Fsp3) is 0.600. The van der Waals surface area contributed by atoms with Crippen LogP contribution in [-0.4, -0.2) is 29.9 Å². The van der Waals surface area contributed by atoms with Crippen LogP contribution in [0.2, 0.25) is 0 Å². The van der Waals surface area contributed by atoms with E-state index in [9.17, 15) is 9.59 Å². The van der Waals surface area contributed by atoms with E-state index >= 15 is 0 Å². The smallest absolute Gasteiger partial charge is 0.334 e. The summed E-state index contributed by atoms with van der Waals surface area (Å²) in [5.41, 5.74) is 1.45. The van der Waals surface area contributed by atoms with Crippen molar-refractivity contribution >= 4 is 45.1 Å². The van der Waals surface area contributed by atoms with E-state index in [0.717, 1.165) is 43.4 Å². The van der Waals surface area contributed by atoms with Crippen molar-refractivity contribution in [2.75, 3.05) is 13.2 Å². The van der Waals surface area contributed by atoms with E-state index in [1.54, 1.807) is 13.8 Å². The highest BCUT2D eigenvalue weighted by atomic mass is 32.2. The quantitative estimate of drug-likeness (QED) is 0.161. The first-order valence-electron chi connectivity index (χ1n) is 11.6. The molecule has 31 heavy (non-hydrogen) atoms. The molecular formula is C25H34O4S2. The lowest BCUT2D eigenvalue weighted by Crippen LogP contribution is -2.46. The van der Waals surface area contributed by atoms with Gasteiger partial charge in [0.2, 0.25) is 4.75 Å². The zero-order valence-electron chi connectivity index (χ0n) is 19.0. The summed E-state index contributed by atoms with van der Waals surface area (Å²) < 4.78 is 10.7. The largest absolute Gasteiger partial charge is 0.465 e. The van der Waals surface area contributed by atoms with Gasteiger partial charge in [0.25, 0.3) is 0 Å². The number of unbranched alkanes of at least 4 members (excludes halogenated alkanes) is 3. The van der Waals surface area contributed by atoms with Crippen LogP contribution >= 0.6 is 23.1 Å². The molecule has 0 bridgehead atoms. The monoisotopic (exact) mass is 462 g/mol. The Hall–Kier alpha value is -1.53. The number of aryl methyl sites for hydroxylation is 2. The lowest BCUT2D eigenvalue weighted by molar-refractivity contribution is -0.159. The molecule has 0 aliphatic heterocycles. The van der Waals surface area contributed by atoms with Crippen molar-refractivity contribution in [2.24, 2.45) is 0 Å². The van der Waals surface area contributed by atoms with Crippen LogP contribution in [0.4, 0.5) is 0 Å². The van der Waals surface area contributed by atoms with Gasteiger partial charge in [-0.05, 0) is 75.1 Å². The predicted octanol–water partition coefficient (Wildman–Crippen LogP) is 6.71. The lowest BCUT2D eigenvalue weighted by atomic mass is 9.96. The Bertz CT molecular complexity index is 884. The van der Waals surface area contributed by atoms with Gasteiger partial charge in [0.1, 0.15) is 0 Å². The Labute approximate surface area is 194 Å². The highest BCUT2D eigenvalue weighted by Crippen LogP contribution is 2.43. The molecule has 0 radical (unpaired) electrons. The van der Waals surface area contributed by atoms with Crippen molar-refractivity contribution in [2.45, 2.75) is 88.2 Å². The SMILES string of the molecule is CCCCCCC(Sc1ccc2sc3c(c2c1)CCCC3)(C(=O)OCC)C(=O)OCC. The van der Waals surface area contributed by atoms with Gasteiger partial charge in [-0.25, -0.2) is 9.59 Å². The molecule has 6 heteroatoms. The number of carbonyl (C=O) groups excluding carboxylic acids is 2. The van der Waals surface area contributed by atoms with Crippen LogP contribution in [0.15, 0.2) is 23.1 Å². The van der Waals surface area contributed by atoms with Crippen LogP contribution in [0.5, 0.6) is 0 Å². The molecule has 0 atom stereocenters. The molecule has 4 nitrogen and oxygen atoms in total. The first kappa shape index (κ1) is 24.1. The number of benzene rings is 1. The maximum atomic E-state index is 13.2. The van der Waals surface area contributed by atoms with Crippen LogP contribution in [0, 0.1) is 0 Å². The van der Waals surface area contributed by atoms with E-state index in [-0.39, 0.29) is 13.2 Å². The van der Waals surface area contributed by atoms with Crippen LogP contribution in [-0.2, 0) is 31.9 Å². The highest BCUT2D eigenvalue weighted by Gasteiger charge is 2.49. The molecule has 0 N–H and O–H groups in total. The minimum atomic E-state index is -1.36. The van der Waals surface area contributed by atoms with Gasteiger partial charge >= 0.3 is 11.9 Å². The Morgan fingerprint density at radius 3 is 2.39 bits per heavy atom. The fourth-order valence-corrected chi connectivity index (χ4v) is 6.75. The van der Waals surface area contributed by atoms with Crippen molar-refractivity contribution in [3.63, 3.8) is 0 Å². The van der Waals surface area contributed by atoms with Crippen molar-refractivity contribution < 1.29 is 19.1 Å². The van der Waals surface area contributed by atoms with Crippen molar-refractivity contribution in [1.29, 1.82) is 0 Å². The molecule has 0 spiro atoms. The molecule has 170 valence electrons. The second-order valence-electron chi connectivity index (χ2n) is 8.05. The Kier molecular flexibility index (Phi) is 8.85. The number of thiophene rings is 1. The molecule has 0 saturated carbocycles. The number of fused-ring (bicyclic) bond motifs is 3. The molecule has 0 fully saturated rings. The summed E-state index contributed by atoms with van der Waals surface area (Å²) in [6.07, 6.45) is 9.12. The van der Waals surface area contributed by atoms with Crippen LogP contribution < -0.4 is 0 Å². The average Bonchev–Trinajstić information content (AvgIpc) is 3.14. The summed E-state index contributed by atoms with van der Waals surface area (Å²) in [6, 6.07) is 6.34. The second-order valence-corrected chi connectivity index (χ2v) is 10.6. The average molecular weight is 463 g/mol. The molecule has 1 aliphatic carbocycles. The number of thioether (sulfide) groups is 1. The van der Waals surface area contributed by atoms with Gasteiger partial charge in [-0.2, -0.15) is 0 Å². The Balaban J connectivity index is 1.96. The Morgan fingerprint density at radius 2 is 1.71 bits per heavy atom. The third kappa shape index (κ3) is 5.46. The van der Waals surface area contributed by atoms with Gasteiger partial charge < -0.3 is 9.47 Å². The maximum Gasteiger partial charge on any atom is 0.334 e. The molecule has 0 saturated heterocycles. The van der Waals surface area contributed by atoms with Gasteiger partial charge in [-0.1, -0.05) is 44.4 Å². The third-order valence-corrected chi connectivity index (χ3v) is 8.46. The Morgan fingerprint density at radius 1 is 1.00 bits per heavy atom. The number of carbonyl (C=O) groups is 2. The summed E-state index contributed by atoms with van der Waals surface area (Å²) in [5.74, 6) is -0.968. The third-order valence-electron chi connectivity index (χ3n) is 5.81. The lowest BCUT2D eigenvalue weighted by Gasteiger charge is -2.28. The summed E-state index contributed by atoms with van der Waals surface area (Å²) >= 11 is 3.20. The van der Waals surface area contributed by atoms with Gasteiger partial charge in [0.15, 0.2) is 0 Å². The van der Waals surface area contributed by atoms with Gasteiger partial charge in [-0.15, -0.1) is 11.3 Å². The molecule has 3 rings (SSSR count). The van der Waals surface area contributed by atoms with E-state index in [1.807, 2.05) is 17.4 Å². The number of esters is 2. The number of rotatable bonds is 11. The predicted molar refractivity (Wildman–Crippen MR) is 129 cm³/mol. The van der Waals surface area contributed by atoms with Gasteiger partial charge in [0.05, 0.1) is 13.2 Å². The summed E-state index contributed by atoms with van der Waals surface area (Å²) in [7, 11) is 0. The first-order valence-corrected chi connectivity index (χ1v) is 13.3. The summed E-state index contributed by atoms with van der Waals surface area (Å²) in [5, 5.41) is 1.28. The van der Waals surface area contributed by atoms with E-state index in [1.165, 1.54) is 45.1 Å². The van der Waals surface area contributed by atoms with Crippen LogP contribution in [0.3, 0.4) is 0 Å². The van der Waals surface area contributed by atoms with Crippen LogP contribution in [0.1, 0.15) is 76.2 Å². The minimum Gasteiger partial charge on any atom is -0.465 e. The molecule has 1 aromatic heterocycles. The molecule has 1 heterocycles. The van der Waals surface area contributed by atoms with E-state index in [0.29, 0.717) is 6.42 Å². The zero-order valence-corrected chi connectivity index (χ0v) is 20.6. The first-order chi connectivity index (χ1) is 15.1. The number of ether oxygens (including phenoxy) is 2. The highest BCUT2D eigenvalue weighted by molar-refractivity contribution is 8.02. The van der Waals surface area contributed by atoms with E-state index in [2.05, 4.69) is 19.1 Å². The molecular weight excluding hydrogens is 428 g/mol. The van der Waals surface area contributed by atoms with Gasteiger partial charge in [-0.3, -0.25) is 0 Å². The summed E-state index contributed by atoms with van der Waals surface area (Å²) in [4.78, 5) is 28.7. The van der Waals surface area contributed by atoms with Crippen molar-refractivity contribution in [3.05, 3.63) is 28.6 Å². The number of hydrogen-bond acceptors (Lipinski definition) is 6. The molecule has 2 aromatic rings. The van der Waals surface area contributed by atoms with Crippen molar-refractivity contribution in [3.8, 4) is 0 Å². The molecule has 1 aromatic carbocycles. The van der Waals surface area contributed by atoms with E-state index in [4.69, 9.17) is 9.47 Å². The maximum absolute atomic E-state index is 13.2. The number of hydrogen-bond donors (Lipinski definition) is 0. The van der Waals surface area contributed by atoms with Gasteiger partial charge in [0, 0.05) is 14.5 Å². The fourth-order valence-electron chi connectivity index (χ4n) is 4.22. The summed E-state index contributed by atoms with van der Waals surface area (Å²) in [6.45, 7) is 6.19. The topological polar surface area (TPSA) is 52.6 Å². The zero-order chi connectivity index (χ0) is 22.3. The second kappa shape index (κ2) is 11.4. The minimum absolute atomic E-state index is 0.243. The van der Waals surface area contributed by atoms with Crippen LogP contribution in [0.25, 0.3) is 10.1 Å². The molecule has 0 amide bonds. The van der Waals surface area contributed by atoms with Crippen molar-refractivity contribution in [1.82, 2.24) is 0 Å². The molecule has 1 aliphatic rings. The standard InChI is InChI=1S/C25H34O4S2/c1-4-7-8-11-16-25(23(26)28-5-2,24(27)29-6-3)31-18-14-15-22-20(17-18)19-12-9-10-13-21(19)30-22/h14-15,17H,4-13,16H2,1-3H3.